The van der Waals surface area contributed by atoms with Crippen molar-refractivity contribution in [3.63, 3.8) is 0 Å². The van der Waals surface area contributed by atoms with Gasteiger partial charge in [-0.15, -0.1) is 0 Å². The van der Waals surface area contributed by atoms with E-state index in [0.29, 0.717) is 39.5 Å². The van der Waals surface area contributed by atoms with E-state index < -0.39 is 11.9 Å². The molecule has 0 fully saturated rings. The number of benzene rings is 4. The Kier molecular flexibility index (Phi) is 7.76. The molecule has 4 aromatic carbocycles. The molecule has 1 unspecified atom stereocenters. The van der Waals surface area contributed by atoms with Crippen LogP contribution in [0.25, 0.3) is 0 Å². The van der Waals surface area contributed by atoms with Gasteiger partial charge in [-0.3, -0.25) is 0 Å². The minimum absolute atomic E-state index is 0.0204. The smallest absolute Gasteiger partial charge is 0.344 e. The molecule has 0 saturated carbocycles. The van der Waals surface area contributed by atoms with Crippen LogP contribution in [0.15, 0.2) is 101 Å². The summed E-state index contributed by atoms with van der Waals surface area (Å²) in [5, 5.41) is 9.96. The van der Waals surface area contributed by atoms with Crippen molar-refractivity contribution < 1.29 is 23.7 Å². The monoisotopic (exact) mass is 596 g/mol. The Bertz CT molecular complexity index is 1660. The van der Waals surface area contributed by atoms with E-state index in [1.807, 2.05) is 55.5 Å². The fraction of sp³-hybridized carbons (Fsp3) is 0.125. The zero-order valence-corrected chi connectivity index (χ0v) is 23.4. The van der Waals surface area contributed by atoms with E-state index in [-0.39, 0.29) is 17.2 Å². The number of ether oxygens (including phenoxy) is 4. The largest absolute Gasteiger partial charge is 0.493 e. The first kappa shape index (κ1) is 26.9. The quantitative estimate of drug-likeness (QED) is 0.185. The van der Waals surface area contributed by atoms with Gasteiger partial charge in [-0.2, -0.15) is 5.26 Å². The molecule has 0 aromatic heterocycles. The number of halogens is 1. The van der Waals surface area contributed by atoms with Crippen molar-refractivity contribution in [3.8, 4) is 29.1 Å². The zero-order valence-electron chi connectivity index (χ0n) is 21.8. The maximum atomic E-state index is 12.7. The Labute approximate surface area is 240 Å². The number of carbonyl (C=O) groups excluding carboxylic acids is 1. The van der Waals surface area contributed by atoms with Gasteiger partial charge in [0.25, 0.3) is 0 Å². The van der Waals surface area contributed by atoms with Gasteiger partial charge in [0.05, 0.1) is 18.6 Å². The second kappa shape index (κ2) is 11.6. The van der Waals surface area contributed by atoms with Crippen LogP contribution in [0, 0.1) is 18.3 Å². The summed E-state index contributed by atoms with van der Waals surface area (Å²) in [7, 11) is 1.57. The molecule has 8 heteroatoms. The zero-order chi connectivity index (χ0) is 28.2. The van der Waals surface area contributed by atoms with E-state index in [9.17, 15) is 10.1 Å². The minimum atomic E-state index is -0.526. The molecular formula is C32H25BrN2O5. The summed E-state index contributed by atoms with van der Waals surface area (Å²) < 4.78 is 23.7. The third kappa shape index (κ3) is 5.51. The molecule has 0 aliphatic carbocycles. The average Bonchev–Trinajstić information content (AvgIpc) is 2.96. The van der Waals surface area contributed by atoms with Gasteiger partial charge >= 0.3 is 5.97 Å². The van der Waals surface area contributed by atoms with Gasteiger partial charge in [0.1, 0.15) is 29.7 Å². The second-order valence-electron chi connectivity index (χ2n) is 9.18. The predicted molar refractivity (Wildman–Crippen MR) is 153 cm³/mol. The van der Waals surface area contributed by atoms with Crippen molar-refractivity contribution in [2.24, 2.45) is 5.73 Å². The van der Waals surface area contributed by atoms with Gasteiger partial charge in [-0.1, -0.05) is 54.1 Å². The fourth-order valence-electron chi connectivity index (χ4n) is 4.46. The van der Waals surface area contributed by atoms with Crippen molar-refractivity contribution in [3.05, 3.63) is 129 Å². The van der Waals surface area contributed by atoms with E-state index in [2.05, 4.69) is 22.0 Å². The number of fused-ring (bicyclic) bond motifs is 1. The van der Waals surface area contributed by atoms with Gasteiger partial charge in [-0.25, -0.2) is 4.79 Å². The van der Waals surface area contributed by atoms with Crippen LogP contribution in [-0.2, 0) is 6.61 Å². The van der Waals surface area contributed by atoms with Gasteiger partial charge < -0.3 is 24.7 Å². The Hall–Kier alpha value is -4.74. The minimum Gasteiger partial charge on any atom is -0.493 e. The number of allylic oxidation sites excluding steroid dienone is 1. The van der Waals surface area contributed by atoms with Gasteiger partial charge in [0.2, 0.25) is 5.88 Å². The summed E-state index contributed by atoms with van der Waals surface area (Å²) in [5.41, 5.74) is 10.5. The first-order chi connectivity index (χ1) is 19.4. The molecule has 0 saturated heterocycles. The number of carbonyl (C=O) groups is 1. The average molecular weight is 597 g/mol. The van der Waals surface area contributed by atoms with Crippen molar-refractivity contribution >= 4 is 21.9 Å². The molecule has 0 bridgehead atoms. The molecule has 0 amide bonds. The normalized spacial score (nSPS) is 14.0. The summed E-state index contributed by atoms with van der Waals surface area (Å²) in [6, 6.07) is 27.8. The third-order valence-corrected chi connectivity index (χ3v) is 7.22. The fourth-order valence-corrected chi connectivity index (χ4v) is 4.91. The van der Waals surface area contributed by atoms with Crippen LogP contribution in [-0.4, -0.2) is 13.1 Å². The Morgan fingerprint density at radius 2 is 1.80 bits per heavy atom. The molecule has 1 aliphatic rings. The lowest BCUT2D eigenvalue weighted by Crippen LogP contribution is -2.21. The molecule has 0 spiro atoms. The molecule has 7 nitrogen and oxygen atoms in total. The van der Waals surface area contributed by atoms with Crippen LogP contribution in [0.1, 0.15) is 38.5 Å². The van der Waals surface area contributed by atoms with Crippen molar-refractivity contribution in [2.45, 2.75) is 19.4 Å². The van der Waals surface area contributed by atoms with Crippen LogP contribution in [0.4, 0.5) is 0 Å². The highest BCUT2D eigenvalue weighted by molar-refractivity contribution is 9.10. The number of rotatable bonds is 7. The summed E-state index contributed by atoms with van der Waals surface area (Å²) in [5.74, 6) is 0.694. The number of hydrogen-bond acceptors (Lipinski definition) is 7. The third-order valence-electron chi connectivity index (χ3n) is 6.53. The molecular weight excluding hydrogens is 572 g/mol. The standard InChI is InChI=1S/C32H25BrN2O5/c1-19-7-9-20(10-8-19)18-38-27-14-11-21(15-29(27)37-2)30-24-13-12-22(16-28(24)40-31(35)25(30)17-34)39-32(36)23-5-3-4-6-26(23)33/h3-16,30H,18,35H2,1-2H3. The van der Waals surface area contributed by atoms with Crippen LogP contribution in [0.2, 0.25) is 0 Å². The van der Waals surface area contributed by atoms with E-state index in [0.717, 1.165) is 11.1 Å². The number of hydrogen-bond donors (Lipinski definition) is 1. The van der Waals surface area contributed by atoms with E-state index >= 15 is 0 Å². The van der Waals surface area contributed by atoms with Gasteiger partial charge in [-0.05, 0) is 64.3 Å². The van der Waals surface area contributed by atoms with Crippen LogP contribution in [0.3, 0.4) is 0 Å². The summed E-state index contributed by atoms with van der Waals surface area (Å²) in [4.78, 5) is 12.7. The molecule has 2 N–H and O–H groups in total. The molecule has 4 aromatic rings. The number of nitrogens with two attached hydrogens (primary N) is 1. The first-order valence-corrected chi connectivity index (χ1v) is 13.2. The number of aryl methyl sites for hydroxylation is 1. The Balaban J connectivity index is 1.44. The number of nitrogens with zero attached hydrogens (tertiary/aromatic N) is 1. The van der Waals surface area contributed by atoms with Crippen LogP contribution in [0.5, 0.6) is 23.0 Å². The number of esters is 1. The van der Waals surface area contributed by atoms with E-state index in [4.69, 9.17) is 24.7 Å². The molecule has 1 aliphatic heterocycles. The maximum Gasteiger partial charge on any atom is 0.344 e. The SMILES string of the molecule is COc1cc(C2C(C#N)=C(N)Oc3cc(OC(=O)c4ccccc4Br)ccc32)ccc1OCc1ccc(C)cc1. The van der Waals surface area contributed by atoms with Crippen molar-refractivity contribution in [1.29, 1.82) is 5.26 Å². The molecule has 200 valence electrons. The van der Waals surface area contributed by atoms with Crippen molar-refractivity contribution in [1.82, 2.24) is 0 Å². The Morgan fingerprint density at radius 1 is 1.02 bits per heavy atom. The molecule has 40 heavy (non-hydrogen) atoms. The lowest BCUT2D eigenvalue weighted by molar-refractivity contribution is 0.0733. The molecule has 0 radical (unpaired) electrons. The van der Waals surface area contributed by atoms with Crippen LogP contribution < -0.4 is 24.7 Å². The van der Waals surface area contributed by atoms with Gasteiger partial charge in [0.15, 0.2) is 11.5 Å². The van der Waals surface area contributed by atoms with Gasteiger partial charge in [0, 0.05) is 16.1 Å². The highest BCUT2D eigenvalue weighted by atomic mass is 79.9. The first-order valence-electron chi connectivity index (χ1n) is 12.4. The predicted octanol–water partition coefficient (Wildman–Crippen LogP) is 6.78. The van der Waals surface area contributed by atoms with E-state index in [1.54, 1.807) is 43.5 Å². The number of nitriles is 1. The lowest BCUT2D eigenvalue weighted by Gasteiger charge is -2.27. The second-order valence-corrected chi connectivity index (χ2v) is 10.0. The topological polar surface area (TPSA) is 104 Å². The summed E-state index contributed by atoms with van der Waals surface area (Å²) in [6.45, 7) is 2.42. The number of methoxy groups -OCH3 is 1. The maximum absolute atomic E-state index is 12.7. The van der Waals surface area contributed by atoms with Crippen molar-refractivity contribution in [2.75, 3.05) is 7.11 Å². The van der Waals surface area contributed by atoms with E-state index in [1.165, 1.54) is 5.56 Å². The Morgan fingerprint density at radius 3 is 2.52 bits per heavy atom. The lowest BCUT2D eigenvalue weighted by atomic mass is 9.83. The summed E-state index contributed by atoms with van der Waals surface area (Å²) >= 11 is 3.37. The highest BCUT2D eigenvalue weighted by Crippen LogP contribution is 2.45. The summed E-state index contributed by atoms with van der Waals surface area (Å²) in [6.07, 6.45) is 0. The molecule has 5 rings (SSSR count). The van der Waals surface area contributed by atoms with Crippen LogP contribution >= 0.6 is 15.9 Å². The molecule has 1 atom stereocenters. The molecule has 1 heterocycles. The highest BCUT2D eigenvalue weighted by Gasteiger charge is 2.32.